The van der Waals surface area contributed by atoms with Crippen LogP contribution >= 0.6 is 11.3 Å². The summed E-state index contributed by atoms with van der Waals surface area (Å²) in [6, 6.07) is 0. The molecule has 3 atom stereocenters. The quantitative estimate of drug-likeness (QED) is 0.736. The van der Waals surface area contributed by atoms with Crippen LogP contribution in [0.1, 0.15) is 45.4 Å². The third kappa shape index (κ3) is 2.63. The third-order valence-electron chi connectivity index (χ3n) is 5.48. The highest BCUT2D eigenvalue weighted by Gasteiger charge is 2.50. The maximum atomic E-state index is 13.3. The van der Waals surface area contributed by atoms with Gasteiger partial charge in [0.25, 0.3) is 0 Å². The fourth-order valence-electron chi connectivity index (χ4n) is 4.18. The first-order valence-electron chi connectivity index (χ1n) is 8.95. The van der Waals surface area contributed by atoms with Gasteiger partial charge in [0.05, 0.1) is 15.8 Å². The lowest BCUT2D eigenvalue weighted by Crippen LogP contribution is -2.44. The molecule has 0 aromatic carbocycles. The number of hydrogen-bond donors (Lipinski definition) is 1. The number of rotatable bonds is 4. The highest BCUT2D eigenvalue weighted by atomic mass is 32.1. The monoisotopic (exact) mass is 354 g/mol. The molecule has 4 heteroatoms. The molecule has 0 fully saturated rings. The van der Waals surface area contributed by atoms with E-state index in [0.717, 1.165) is 40.4 Å². The zero-order valence-corrected chi connectivity index (χ0v) is 16.2. The second-order valence-electron chi connectivity index (χ2n) is 7.01. The second-order valence-corrected chi connectivity index (χ2v) is 7.87. The average molecular weight is 355 g/mol. The number of hydrogen-bond acceptors (Lipinski definition) is 4. The van der Waals surface area contributed by atoms with Crippen LogP contribution in [0, 0.1) is 11.8 Å². The Morgan fingerprint density at radius 1 is 1.44 bits per heavy atom. The van der Waals surface area contributed by atoms with Gasteiger partial charge in [-0.05, 0) is 31.3 Å². The lowest BCUT2D eigenvalue weighted by atomic mass is 9.62. The van der Waals surface area contributed by atoms with Crippen LogP contribution in [-0.4, -0.2) is 10.8 Å². The SMILES string of the molecule is C=C(/C=C\C=C/C)[C@]1(CC)C2=C(Nc3ncsc31)C(C)CC(C)C2=O. The number of aromatic nitrogens is 1. The molecular weight excluding hydrogens is 328 g/mol. The Labute approximate surface area is 154 Å². The van der Waals surface area contributed by atoms with Crippen LogP contribution < -0.4 is 5.32 Å². The molecule has 3 nitrogen and oxygen atoms in total. The Bertz CT molecular complexity index is 799. The Kier molecular flexibility index (Phi) is 4.83. The van der Waals surface area contributed by atoms with Crippen LogP contribution in [0.15, 0.2) is 53.2 Å². The van der Waals surface area contributed by atoms with Gasteiger partial charge in [0.15, 0.2) is 5.78 Å². The number of anilines is 1. The molecule has 1 aromatic heterocycles. The minimum Gasteiger partial charge on any atom is -0.342 e. The summed E-state index contributed by atoms with van der Waals surface area (Å²) in [5, 5.41) is 3.47. The summed E-state index contributed by atoms with van der Waals surface area (Å²) in [5.41, 5.74) is 4.30. The first-order valence-corrected chi connectivity index (χ1v) is 9.83. The van der Waals surface area contributed by atoms with E-state index in [4.69, 9.17) is 0 Å². The molecule has 1 aliphatic carbocycles. The summed E-state index contributed by atoms with van der Waals surface area (Å²) in [6.07, 6.45) is 9.71. The molecule has 0 saturated carbocycles. The topological polar surface area (TPSA) is 42.0 Å². The van der Waals surface area contributed by atoms with Gasteiger partial charge in [-0.15, -0.1) is 11.3 Å². The first kappa shape index (κ1) is 17.9. The van der Waals surface area contributed by atoms with E-state index in [1.54, 1.807) is 11.3 Å². The number of allylic oxidation sites excluding steroid dienone is 7. The van der Waals surface area contributed by atoms with Crippen LogP contribution in [0.5, 0.6) is 0 Å². The van der Waals surface area contributed by atoms with Crippen molar-refractivity contribution in [3.63, 3.8) is 0 Å². The molecule has 2 aliphatic rings. The smallest absolute Gasteiger partial charge is 0.164 e. The minimum absolute atomic E-state index is 0.0447. The van der Waals surface area contributed by atoms with Gasteiger partial charge >= 0.3 is 0 Å². The molecular formula is C21H26N2OS. The van der Waals surface area contributed by atoms with Gasteiger partial charge in [-0.25, -0.2) is 4.98 Å². The van der Waals surface area contributed by atoms with Crippen LogP contribution in [0.3, 0.4) is 0 Å². The summed E-state index contributed by atoms with van der Waals surface area (Å²) in [4.78, 5) is 18.9. The van der Waals surface area contributed by atoms with Crippen molar-refractivity contribution < 1.29 is 4.79 Å². The molecule has 0 radical (unpaired) electrons. The molecule has 0 spiro atoms. The summed E-state index contributed by atoms with van der Waals surface area (Å²) in [7, 11) is 0. The van der Waals surface area contributed by atoms with Crippen molar-refractivity contribution >= 4 is 22.9 Å². The number of nitrogens with one attached hydrogen (secondary N) is 1. The number of ketones is 1. The molecule has 132 valence electrons. The Balaban J connectivity index is 2.25. The largest absolute Gasteiger partial charge is 0.342 e. The fourth-order valence-corrected chi connectivity index (χ4v) is 5.24. The number of carbonyl (C=O) groups is 1. The van der Waals surface area contributed by atoms with E-state index in [9.17, 15) is 4.79 Å². The van der Waals surface area contributed by atoms with Crippen molar-refractivity contribution in [2.75, 3.05) is 5.32 Å². The predicted molar refractivity (Wildman–Crippen MR) is 106 cm³/mol. The number of fused-ring (bicyclic) bond motifs is 1. The van der Waals surface area contributed by atoms with Gasteiger partial charge < -0.3 is 5.32 Å². The maximum Gasteiger partial charge on any atom is 0.164 e. The van der Waals surface area contributed by atoms with Crippen LogP contribution in [-0.2, 0) is 10.2 Å². The summed E-state index contributed by atoms with van der Waals surface area (Å²) < 4.78 is 0. The number of carbonyl (C=O) groups excluding carboxylic acids is 1. The van der Waals surface area contributed by atoms with Gasteiger partial charge in [0.1, 0.15) is 5.82 Å². The van der Waals surface area contributed by atoms with E-state index in [1.807, 2.05) is 43.7 Å². The molecule has 0 amide bonds. The Morgan fingerprint density at radius 2 is 2.20 bits per heavy atom. The van der Waals surface area contributed by atoms with Gasteiger partial charge in [-0.3, -0.25) is 4.79 Å². The van der Waals surface area contributed by atoms with Crippen molar-refractivity contribution in [3.8, 4) is 0 Å². The first-order chi connectivity index (χ1) is 12.0. The lowest BCUT2D eigenvalue weighted by Gasteiger charge is -2.44. The van der Waals surface area contributed by atoms with Gasteiger partial charge in [0, 0.05) is 17.2 Å². The van der Waals surface area contributed by atoms with Crippen molar-refractivity contribution in [3.05, 3.63) is 58.1 Å². The molecule has 3 rings (SSSR count). The molecule has 1 N–H and O–H groups in total. The summed E-state index contributed by atoms with van der Waals surface area (Å²) in [6.45, 7) is 12.8. The minimum atomic E-state index is -0.477. The van der Waals surface area contributed by atoms with Crippen molar-refractivity contribution in [2.24, 2.45) is 11.8 Å². The van der Waals surface area contributed by atoms with E-state index in [2.05, 4.69) is 30.7 Å². The number of Topliss-reactive ketones (excluding diaryl/α,β-unsaturated/α-hetero) is 1. The molecule has 2 heterocycles. The van der Waals surface area contributed by atoms with Crippen LogP contribution in [0.4, 0.5) is 5.82 Å². The van der Waals surface area contributed by atoms with Gasteiger partial charge in [0.2, 0.25) is 0 Å². The highest BCUT2D eigenvalue weighted by molar-refractivity contribution is 7.10. The molecule has 0 bridgehead atoms. The highest BCUT2D eigenvalue weighted by Crippen LogP contribution is 2.54. The molecule has 2 unspecified atom stereocenters. The fraction of sp³-hybridized carbons (Fsp3) is 0.429. The average Bonchev–Trinajstić information content (AvgIpc) is 3.07. The number of thiazole rings is 1. The van der Waals surface area contributed by atoms with E-state index >= 15 is 0 Å². The zero-order valence-electron chi connectivity index (χ0n) is 15.4. The molecule has 0 saturated heterocycles. The van der Waals surface area contributed by atoms with Gasteiger partial charge in [-0.2, -0.15) is 0 Å². The maximum absolute atomic E-state index is 13.3. The van der Waals surface area contributed by atoms with Crippen LogP contribution in [0.25, 0.3) is 0 Å². The molecule has 25 heavy (non-hydrogen) atoms. The van der Waals surface area contributed by atoms with E-state index in [1.165, 1.54) is 0 Å². The molecule has 1 aromatic rings. The zero-order chi connectivity index (χ0) is 18.2. The lowest BCUT2D eigenvalue weighted by molar-refractivity contribution is -0.120. The van der Waals surface area contributed by atoms with Crippen LogP contribution in [0.2, 0.25) is 0 Å². The van der Waals surface area contributed by atoms with E-state index in [-0.39, 0.29) is 11.7 Å². The standard InChI is InChI=1S/C21H26N2OS/c1-6-8-9-10-15(5)21(7-2)16-17(13(3)11-14(4)18(16)24)23-20-19(21)25-12-22-20/h6,8-10,12-14,23H,5,7,11H2,1-4H3/b8-6-,10-9-/t13?,14?,21-/m1/s1. The van der Waals surface area contributed by atoms with Crippen molar-refractivity contribution in [1.82, 2.24) is 4.98 Å². The molecule has 1 aliphatic heterocycles. The Hall–Kier alpha value is -1.94. The van der Waals surface area contributed by atoms with Crippen molar-refractivity contribution in [2.45, 2.75) is 46.0 Å². The third-order valence-corrected chi connectivity index (χ3v) is 6.47. The summed E-state index contributed by atoms with van der Waals surface area (Å²) >= 11 is 1.61. The second kappa shape index (κ2) is 6.75. The van der Waals surface area contributed by atoms with E-state index in [0.29, 0.717) is 5.92 Å². The normalized spacial score (nSPS) is 29.0. The summed E-state index contributed by atoms with van der Waals surface area (Å²) in [5.74, 6) is 1.50. The van der Waals surface area contributed by atoms with E-state index < -0.39 is 5.41 Å². The predicted octanol–water partition coefficient (Wildman–Crippen LogP) is 5.40. The van der Waals surface area contributed by atoms with Gasteiger partial charge in [-0.1, -0.05) is 51.7 Å². The van der Waals surface area contributed by atoms with Crippen molar-refractivity contribution in [1.29, 1.82) is 0 Å². The Morgan fingerprint density at radius 3 is 2.88 bits per heavy atom. The number of nitrogens with zero attached hydrogens (tertiary/aromatic N) is 1.